The standard InChI is InChI=1S/C13H15BrClN3O/c1-3-18-13(11(19-2)7-17-18)12(16)8-4-5-9(14)10(15)6-8/h4-7,12H,3,16H2,1-2H3. The summed E-state index contributed by atoms with van der Waals surface area (Å²) in [6.07, 6.45) is 1.68. The molecule has 0 saturated heterocycles. The summed E-state index contributed by atoms with van der Waals surface area (Å²) in [5, 5.41) is 4.90. The number of aromatic nitrogens is 2. The van der Waals surface area contributed by atoms with E-state index in [4.69, 9.17) is 22.1 Å². The molecule has 1 atom stereocenters. The second kappa shape index (κ2) is 5.94. The Balaban J connectivity index is 2.45. The van der Waals surface area contributed by atoms with Gasteiger partial charge in [0, 0.05) is 11.0 Å². The van der Waals surface area contributed by atoms with Crippen LogP contribution in [0.5, 0.6) is 5.75 Å². The molecule has 19 heavy (non-hydrogen) atoms. The van der Waals surface area contributed by atoms with Crippen LogP contribution in [0.4, 0.5) is 0 Å². The summed E-state index contributed by atoms with van der Waals surface area (Å²) < 4.78 is 8.00. The molecule has 4 nitrogen and oxygen atoms in total. The quantitative estimate of drug-likeness (QED) is 0.925. The van der Waals surface area contributed by atoms with Crippen LogP contribution in [0.25, 0.3) is 0 Å². The Morgan fingerprint density at radius 3 is 2.84 bits per heavy atom. The normalized spacial score (nSPS) is 12.5. The number of nitrogens with zero attached hydrogens (tertiary/aromatic N) is 2. The van der Waals surface area contributed by atoms with Crippen LogP contribution in [0.15, 0.2) is 28.9 Å². The highest BCUT2D eigenvalue weighted by atomic mass is 79.9. The van der Waals surface area contributed by atoms with Gasteiger partial charge >= 0.3 is 0 Å². The number of halogens is 2. The molecular formula is C13H15BrClN3O. The predicted octanol–water partition coefficient (Wildman–Crippen LogP) is 3.38. The zero-order valence-electron chi connectivity index (χ0n) is 10.7. The molecule has 1 aromatic carbocycles. The van der Waals surface area contributed by atoms with Crippen LogP contribution in [0.1, 0.15) is 24.2 Å². The van der Waals surface area contributed by atoms with E-state index in [9.17, 15) is 0 Å². The van der Waals surface area contributed by atoms with Gasteiger partial charge in [-0.2, -0.15) is 5.10 Å². The van der Waals surface area contributed by atoms with Gasteiger partial charge in [0.2, 0.25) is 0 Å². The molecule has 0 spiro atoms. The van der Waals surface area contributed by atoms with E-state index in [-0.39, 0.29) is 6.04 Å². The number of hydrogen-bond donors (Lipinski definition) is 1. The highest BCUT2D eigenvalue weighted by Crippen LogP contribution is 2.31. The van der Waals surface area contributed by atoms with Gasteiger partial charge in [0.15, 0.2) is 5.75 Å². The first-order chi connectivity index (χ1) is 9.08. The van der Waals surface area contributed by atoms with Crippen LogP contribution < -0.4 is 10.5 Å². The molecule has 0 bridgehead atoms. The number of methoxy groups -OCH3 is 1. The molecule has 0 aliphatic carbocycles. The minimum atomic E-state index is -0.331. The Kier molecular flexibility index (Phi) is 4.50. The maximum atomic E-state index is 6.32. The van der Waals surface area contributed by atoms with Crippen LogP contribution in [-0.2, 0) is 6.54 Å². The minimum absolute atomic E-state index is 0.331. The molecule has 2 N–H and O–H groups in total. The van der Waals surface area contributed by atoms with Crippen molar-refractivity contribution < 1.29 is 4.74 Å². The SMILES string of the molecule is CCn1ncc(OC)c1C(N)c1ccc(Br)c(Cl)c1. The Morgan fingerprint density at radius 2 is 2.26 bits per heavy atom. The number of aryl methyl sites for hydroxylation is 1. The van der Waals surface area contributed by atoms with Crippen molar-refractivity contribution in [1.29, 1.82) is 0 Å². The minimum Gasteiger partial charge on any atom is -0.493 e. The molecule has 102 valence electrons. The highest BCUT2D eigenvalue weighted by molar-refractivity contribution is 9.10. The third-order valence-electron chi connectivity index (χ3n) is 2.96. The molecule has 0 amide bonds. The molecular weight excluding hydrogens is 330 g/mol. The van der Waals surface area contributed by atoms with E-state index in [0.29, 0.717) is 10.8 Å². The first-order valence-electron chi connectivity index (χ1n) is 5.88. The fraction of sp³-hybridized carbons (Fsp3) is 0.308. The van der Waals surface area contributed by atoms with Crippen molar-refractivity contribution in [2.24, 2.45) is 5.73 Å². The molecule has 0 aliphatic rings. The third kappa shape index (κ3) is 2.78. The lowest BCUT2D eigenvalue weighted by Gasteiger charge is -2.16. The fourth-order valence-corrected chi connectivity index (χ4v) is 2.40. The van der Waals surface area contributed by atoms with Crippen LogP contribution in [0.3, 0.4) is 0 Å². The smallest absolute Gasteiger partial charge is 0.161 e. The summed E-state index contributed by atoms with van der Waals surface area (Å²) in [4.78, 5) is 0. The Morgan fingerprint density at radius 1 is 1.53 bits per heavy atom. The summed E-state index contributed by atoms with van der Waals surface area (Å²) >= 11 is 9.48. The van der Waals surface area contributed by atoms with Crippen LogP contribution in [0, 0.1) is 0 Å². The molecule has 0 fully saturated rings. The maximum absolute atomic E-state index is 6.32. The monoisotopic (exact) mass is 343 g/mol. The number of hydrogen-bond acceptors (Lipinski definition) is 3. The van der Waals surface area contributed by atoms with Gasteiger partial charge in [-0.25, -0.2) is 0 Å². The van der Waals surface area contributed by atoms with Gasteiger partial charge < -0.3 is 10.5 Å². The van der Waals surface area contributed by atoms with E-state index >= 15 is 0 Å². The topological polar surface area (TPSA) is 53.1 Å². The summed E-state index contributed by atoms with van der Waals surface area (Å²) in [5.74, 6) is 0.688. The summed E-state index contributed by atoms with van der Waals surface area (Å²) in [5.41, 5.74) is 8.09. The molecule has 1 unspecified atom stereocenters. The number of ether oxygens (including phenoxy) is 1. The van der Waals surface area contributed by atoms with Gasteiger partial charge in [0.1, 0.15) is 5.69 Å². The van der Waals surface area contributed by atoms with Crippen molar-refractivity contribution in [3.8, 4) is 5.75 Å². The first kappa shape index (κ1) is 14.4. The van der Waals surface area contributed by atoms with Crippen LogP contribution in [-0.4, -0.2) is 16.9 Å². The summed E-state index contributed by atoms with van der Waals surface area (Å²) in [6.45, 7) is 2.74. The molecule has 1 heterocycles. The average molecular weight is 345 g/mol. The van der Waals surface area contributed by atoms with Gasteiger partial charge in [-0.05, 0) is 40.5 Å². The highest BCUT2D eigenvalue weighted by Gasteiger charge is 2.20. The molecule has 0 aliphatic heterocycles. The second-order valence-electron chi connectivity index (χ2n) is 4.07. The zero-order valence-corrected chi connectivity index (χ0v) is 13.1. The number of benzene rings is 1. The van der Waals surface area contributed by atoms with Crippen molar-refractivity contribution in [3.05, 3.63) is 45.1 Å². The van der Waals surface area contributed by atoms with E-state index in [1.54, 1.807) is 13.3 Å². The van der Waals surface area contributed by atoms with Gasteiger partial charge in [-0.3, -0.25) is 4.68 Å². The van der Waals surface area contributed by atoms with Crippen molar-refractivity contribution in [3.63, 3.8) is 0 Å². The molecule has 0 saturated carbocycles. The average Bonchev–Trinajstić information content (AvgIpc) is 2.83. The Hall–Kier alpha value is -1.04. The Labute approximate surface area is 125 Å². The van der Waals surface area contributed by atoms with Gasteiger partial charge in [-0.1, -0.05) is 17.7 Å². The molecule has 2 aromatic rings. The predicted molar refractivity (Wildman–Crippen MR) is 79.6 cm³/mol. The van der Waals surface area contributed by atoms with Crippen molar-refractivity contribution in [2.45, 2.75) is 19.5 Å². The van der Waals surface area contributed by atoms with Crippen LogP contribution in [0.2, 0.25) is 5.02 Å². The van der Waals surface area contributed by atoms with E-state index in [1.807, 2.05) is 29.8 Å². The van der Waals surface area contributed by atoms with Crippen molar-refractivity contribution >= 4 is 27.5 Å². The molecule has 6 heteroatoms. The van der Waals surface area contributed by atoms with Gasteiger partial charge in [0.25, 0.3) is 0 Å². The van der Waals surface area contributed by atoms with E-state index in [2.05, 4.69) is 21.0 Å². The molecule has 2 rings (SSSR count). The second-order valence-corrected chi connectivity index (χ2v) is 5.33. The van der Waals surface area contributed by atoms with E-state index in [1.165, 1.54) is 0 Å². The maximum Gasteiger partial charge on any atom is 0.161 e. The van der Waals surface area contributed by atoms with Gasteiger partial charge in [-0.15, -0.1) is 0 Å². The summed E-state index contributed by atoms with van der Waals surface area (Å²) in [7, 11) is 1.61. The lowest BCUT2D eigenvalue weighted by atomic mass is 10.0. The lowest BCUT2D eigenvalue weighted by molar-refractivity contribution is 0.404. The number of rotatable bonds is 4. The largest absolute Gasteiger partial charge is 0.493 e. The van der Waals surface area contributed by atoms with Gasteiger partial charge in [0.05, 0.1) is 24.4 Å². The van der Waals surface area contributed by atoms with E-state index < -0.39 is 0 Å². The Bertz CT molecular complexity index is 564. The molecule has 0 radical (unpaired) electrons. The third-order valence-corrected chi connectivity index (χ3v) is 4.19. The van der Waals surface area contributed by atoms with E-state index in [0.717, 1.165) is 22.3 Å². The fourth-order valence-electron chi connectivity index (χ4n) is 1.96. The number of nitrogens with two attached hydrogens (primary N) is 1. The van der Waals surface area contributed by atoms with Crippen LogP contribution >= 0.6 is 27.5 Å². The van der Waals surface area contributed by atoms with Crippen molar-refractivity contribution in [2.75, 3.05) is 7.11 Å². The summed E-state index contributed by atoms with van der Waals surface area (Å²) in [6, 6.07) is 5.34. The lowest BCUT2D eigenvalue weighted by Crippen LogP contribution is -2.18. The first-order valence-corrected chi connectivity index (χ1v) is 7.05. The molecule has 1 aromatic heterocycles. The zero-order chi connectivity index (χ0) is 14.0. The van der Waals surface area contributed by atoms with Crippen molar-refractivity contribution in [1.82, 2.24) is 9.78 Å².